The summed E-state index contributed by atoms with van der Waals surface area (Å²) in [6.07, 6.45) is -0.249. The molecule has 4 aromatic rings. The van der Waals surface area contributed by atoms with Gasteiger partial charge in [0.1, 0.15) is 11.5 Å². The molecule has 46 heavy (non-hydrogen) atoms. The lowest BCUT2D eigenvalue weighted by atomic mass is 9.99. The van der Waals surface area contributed by atoms with Crippen molar-refractivity contribution in [1.29, 1.82) is 0 Å². The van der Waals surface area contributed by atoms with E-state index in [1.165, 1.54) is 38.4 Å². The Morgan fingerprint density at radius 3 is 1.98 bits per heavy atom. The molecule has 242 valence electrons. The van der Waals surface area contributed by atoms with Crippen LogP contribution in [0.5, 0.6) is 11.5 Å². The zero-order valence-corrected chi connectivity index (χ0v) is 27.6. The lowest BCUT2D eigenvalue weighted by molar-refractivity contribution is -0.118. The van der Waals surface area contributed by atoms with Crippen LogP contribution in [0.15, 0.2) is 77.7 Å². The van der Waals surface area contributed by atoms with Crippen molar-refractivity contribution in [2.75, 3.05) is 32.2 Å². The van der Waals surface area contributed by atoms with Crippen LogP contribution in [-0.2, 0) is 43.6 Å². The molecule has 1 aliphatic heterocycles. The molecule has 5 rings (SSSR count). The molecule has 0 aromatic heterocycles. The summed E-state index contributed by atoms with van der Waals surface area (Å²) < 4.78 is 65.3. The molecule has 0 saturated heterocycles. The minimum atomic E-state index is -4.04. The molecule has 1 N–H and O–H groups in total. The molecule has 0 fully saturated rings. The fourth-order valence-electron chi connectivity index (χ4n) is 5.39. The summed E-state index contributed by atoms with van der Waals surface area (Å²) >= 11 is 0. The number of anilines is 1. The Kier molecular flexibility index (Phi) is 9.38. The first kappa shape index (κ1) is 32.9. The van der Waals surface area contributed by atoms with Gasteiger partial charge >= 0.3 is 0 Å². The maximum Gasteiger partial charge on any atom is 0.262 e. The number of hydrogen-bond donors (Lipinski definition) is 1. The van der Waals surface area contributed by atoms with E-state index in [1.54, 1.807) is 29.2 Å². The zero-order chi connectivity index (χ0) is 33.2. The summed E-state index contributed by atoms with van der Waals surface area (Å²) in [5.41, 5.74) is 2.63. The highest BCUT2D eigenvalue weighted by Crippen LogP contribution is 2.46. The third kappa shape index (κ3) is 6.57. The Bertz CT molecular complexity index is 2010. The molecule has 1 heterocycles. The molecule has 13 heteroatoms. The van der Waals surface area contributed by atoms with Crippen LogP contribution in [0.2, 0.25) is 0 Å². The lowest BCUT2D eigenvalue weighted by Gasteiger charge is -2.16. The number of nitrogens with zero attached hydrogens (tertiary/aromatic N) is 2. The fraction of sp³-hybridized carbons (Fsp3) is 0.273. The van der Waals surface area contributed by atoms with Gasteiger partial charge in [0, 0.05) is 36.1 Å². The average Bonchev–Trinajstić information content (AvgIpc) is 3.35. The van der Waals surface area contributed by atoms with E-state index in [-0.39, 0.29) is 23.8 Å². The van der Waals surface area contributed by atoms with E-state index < -0.39 is 31.7 Å². The van der Waals surface area contributed by atoms with Crippen LogP contribution in [0.1, 0.15) is 40.9 Å². The highest BCUT2D eigenvalue weighted by molar-refractivity contribution is 7.89. The van der Waals surface area contributed by atoms with Crippen molar-refractivity contribution in [3.63, 3.8) is 0 Å². The Hall–Kier alpha value is -4.46. The number of hydrogen-bond acceptors (Lipinski definition) is 8. The Labute approximate surface area is 268 Å². The van der Waals surface area contributed by atoms with Crippen LogP contribution >= 0.6 is 0 Å². The smallest absolute Gasteiger partial charge is 0.262 e. The predicted molar refractivity (Wildman–Crippen MR) is 175 cm³/mol. The number of carbonyl (C=O) groups excluding carboxylic acids is 2. The molecule has 4 aromatic carbocycles. The number of ether oxygens (including phenoxy) is 2. The number of amides is 2. The molecule has 0 bridgehead atoms. The summed E-state index contributed by atoms with van der Waals surface area (Å²) in [6, 6.07) is 19.9. The molecule has 0 saturated carbocycles. The minimum absolute atomic E-state index is 0.0649. The van der Waals surface area contributed by atoms with Gasteiger partial charge in [-0.05, 0) is 49.2 Å². The highest BCUT2D eigenvalue weighted by Gasteiger charge is 2.36. The Balaban J connectivity index is 1.29. The molecule has 2 amide bonds. The molecule has 11 nitrogen and oxygen atoms in total. The van der Waals surface area contributed by atoms with E-state index in [0.717, 1.165) is 20.6 Å². The van der Waals surface area contributed by atoms with Gasteiger partial charge in [0.25, 0.3) is 5.91 Å². The Morgan fingerprint density at radius 2 is 1.39 bits per heavy atom. The molecular formula is C33H35N3O8S2. The topological polar surface area (TPSA) is 139 Å². The van der Waals surface area contributed by atoms with Crippen LogP contribution in [0.4, 0.5) is 5.69 Å². The maximum atomic E-state index is 13.8. The van der Waals surface area contributed by atoms with Gasteiger partial charge in [0.2, 0.25) is 26.0 Å². The number of nitrogens with one attached hydrogen (secondary N) is 1. The Morgan fingerprint density at radius 1 is 0.826 bits per heavy atom. The van der Waals surface area contributed by atoms with Crippen molar-refractivity contribution in [3.8, 4) is 11.5 Å². The maximum absolute atomic E-state index is 13.8. The van der Waals surface area contributed by atoms with Gasteiger partial charge in [0.15, 0.2) is 0 Å². The van der Waals surface area contributed by atoms with Gasteiger partial charge in [0.05, 0.1) is 42.4 Å². The molecule has 0 aliphatic carbocycles. The SMILES string of the molecule is CCOc1c2c(c(OCC)c3ccccc13)C(=O)N(c1ccc(CS(=O)(=O)NC(=O)Cc3ccc(S(=O)(=O)N(C)C)cc3)cc1)C2. The second-order valence-corrected chi connectivity index (χ2v) is 14.7. The van der Waals surface area contributed by atoms with Crippen LogP contribution in [0.25, 0.3) is 10.8 Å². The minimum Gasteiger partial charge on any atom is -0.493 e. The molecule has 0 spiro atoms. The van der Waals surface area contributed by atoms with Crippen molar-refractivity contribution < 1.29 is 35.9 Å². The van der Waals surface area contributed by atoms with E-state index in [9.17, 15) is 26.4 Å². The first-order valence-corrected chi connectivity index (χ1v) is 17.7. The second-order valence-electron chi connectivity index (χ2n) is 10.9. The largest absolute Gasteiger partial charge is 0.493 e. The summed E-state index contributed by atoms with van der Waals surface area (Å²) in [5, 5.41) is 1.65. The summed E-state index contributed by atoms with van der Waals surface area (Å²) in [6.45, 7) is 4.81. The van der Waals surface area contributed by atoms with Gasteiger partial charge in [-0.25, -0.2) is 21.1 Å². The number of sulfonamides is 2. The first-order valence-electron chi connectivity index (χ1n) is 14.6. The van der Waals surface area contributed by atoms with Crippen molar-refractivity contribution in [3.05, 3.63) is 95.1 Å². The molecule has 0 radical (unpaired) electrons. The van der Waals surface area contributed by atoms with Gasteiger partial charge in [-0.1, -0.05) is 48.5 Å². The first-order chi connectivity index (χ1) is 21.9. The summed E-state index contributed by atoms with van der Waals surface area (Å²) in [5.74, 6) is -0.299. The number of carbonyl (C=O) groups is 2. The third-order valence-corrected chi connectivity index (χ3v) is 10.6. The van der Waals surface area contributed by atoms with Gasteiger partial charge in [-0.15, -0.1) is 0 Å². The molecule has 0 unspecified atom stereocenters. The predicted octanol–water partition coefficient (Wildman–Crippen LogP) is 4.24. The second kappa shape index (κ2) is 13.1. The highest BCUT2D eigenvalue weighted by atomic mass is 32.2. The summed E-state index contributed by atoms with van der Waals surface area (Å²) in [4.78, 5) is 28.0. The monoisotopic (exact) mass is 665 g/mol. The lowest BCUT2D eigenvalue weighted by Crippen LogP contribution is -2.32. The van der Waals surface area contributed by atoms with Crippen LogP contribution in [0, 0.1) is 0 Å². The van der Waals surface area contributed by atoms with Crippen molar-refractivity contribution in [1.82, 2.24) is 9.03 Å². The van der Waals surface area contributed by atoms with Crippen molar-refractivity contribution in [2.45, 2.75) is 37.5 Å². The van der Waals surface area contributed by atoms with E-state index in [4.69, 9.17) is 9.47 Å². The average molecular weight is 666 g/mol. The van der Waals surface area contributed by atoms with E-state index in [1.807, 2.05) is 38.1 Å². The van der Waals surface area contributed by atoms with E-state index >= 15 is 0 Å². The molecular weight excluding hydrogens is 631 g/mol. The number of rotatable bonds is 12. The quantitative estimate of drug-likeness (QED) is 0.237. The number of fused-ring (bicyclic) bond motifs is 2. The zero-order valence-electron chi connectivity index (χ0n) is 25.9. The third-order valence-electron chi connectivity index (χ3n) is 7.51. The molecule has 0 atom stereocenters. The van der Waals surface area contributed by atoms with Gasteiger partial charge < -0.3 is 14.4 Å². The van der Waals surface area contributed by atoms with E-state index in [2.05, 4.69) is 4.72 Å². The van der Waals surface area contributed by atoms with Crippen molar-refractivity contribution >= 4 is 48.3 Å². The normalized spacial score (nSPS) is 13.2. The summed E-state index contributed by atoms with van der Waals surface area (Å²) in [7, 11) is -4.84. The van der Waals surface area contributed by atoms with Gasteiger partial charge in [-0.2, -0.15) is 0 Å². The standard InChI is InChI=1S/C33H35N3O8S2/c1-5-43-31-26-9-7-8-10-27(26)32(44-6-2)30-28(31)20-36(33(30)38)24-15-11-23(12-16-24)21-45(39,40)34-29(37)19-22-13-17-25(18-14-22)46(41,42)35(3)4/h7-18H,5-6,19-21H2,1-4H3,(H,34,37). The fourth-order valence-corrected chi connectivity index (χ4v) is 7.42. The van der Waals surface area contributed by atoms with Crippen LogP contribution in [0.3, 0.4) is 0 Å². The van der Waals surface area contributed by atoms with Gasteiger partial charge in [-0.3, -0.25) is 14.3 Å². The number of benzene rings is 4. The van der Waals surface area contributed by atoms with Crippen LogP contribution < -0.4 is 19.1 Å². The van der Waals surface area contributed by atoms with Crippen LogP contribution in [-0.4, -0.2) is 60.3 Å². The van der Waals surface area contributed by atoms with E-state index in [0.29, 0.717) is 47.1 Å². The van der Waals surface area contributed by atoms with Crippen molar-refractivity contribution in [2.24, 2.45) is 0 Å². The molecule has 1 aliphatic rings.